The lowest BCUT2D eigenvalue weighted by atomic mass is 10.2. The Morgan fingerprint density at radius 1 is 1.25 bits per heavy atom. The second-order valence-corrected chi connectivity index (χ2v) is 6.87. The number of amides is 1. The minimum Gasteiger partial charge on any atom is -0.497 e. The van der Waals surface area contributed by atoms with Gasteiger partial charge in [0.2, 0.25) is 5.91 Å². The summed E-state index contributed by atoms with van der Waals surface area (Å²) in [5.41, 5.74) is 0. The van der Waals surface area contributed by atoms with Crippen LogP contribution < -0.4 is 9.47 Å². The zero-order valence-corrected chi connectivity index (χ0v) is 14.8. The van der Waals surface area contributed by atoms with Crippen LogP contribution in [0.5, 0.6) is 11.5 Å². The summed E-state index contributed by atoms with van der Waals surface area (Å²) in [6.07, 6.45) is 3.45. The first-order valence-electron chi connectivity index (χ1n) is 8.37. The molecule has 1 aromatic heterocycles. The molecule has 0 aliphatic carbocycles. The Morgan fingerprint density at radius 2 is 2.04 bits per heavy atom. The van der Waals surface area contributed by atoms with Crippen molar-refractivity contribution in [1.82, 2.24) is 4.90 Å². The fraction of sp³-hybridized carbons (Fsp3) is 0.421. The second-order valence-electron chi connectivity index (χ2n) is 5.89. The van der Waals surface area contributed by atoms with Gasteiger partial charge >= 0.3 is 0 Å². The first kappa shape index (κ1) is 16.8. The van der Waals surface area contributed by atoms with E-state index >= 15 is 0 Å². The highest BCUT2D eigenvalue weighted by Crippen LogP contribution is 2.34. The predicted octanol–water partition coefficient (Wildman–Crippen LogP) is 4.28. The zero-order valence-electron chi connectivity index (χ0n) is 13.9. The Hall–Kier alpha value is -2.01. The van der Waals surface area contributed by atoms with Gasteiger partial charge in [0, 0.05) is 17.8 Å². The maximum Gasteiger partial charge on any atom is 0.223 e. The van der Waals surface area contributed by atoms with Crippen molar-refractivity contribution in [3.63, 3.8) is 0 Å². The van der Waals surface area contributed by atoms with Gasteiger partial charge in [-0.2, -0.15) is 0 Å². The maximum atomic E-state index is 12.5. The van der Waals surface area contributed by atoms with Crippen LogP contribution in [-0.4, -0.2) is 31.1 Å². The molecule has 0 spiro atoms. The molecule has 0 radical (unpaired) electrons. The summed E-state index contributed by atoms with van der Waals surface area (Å²) < 4.78 is 10.8. The molecule has 5 heteroatoms. The van der Waals surface area contributed by atoms with Gasteiger partial charge in [-0.25, -0.2) is 0 Å². The summed E-state index contributed by atoms with van der Waals surface area (Å²) in [6, 6.07) is 12.0. The molecule has 0 bridgehead atoms. The molecule has 128 valence electrons. The number of rotatable bonds is 7. The van der Waals surface area contributed by atoms with Crippen LogP contribution in [0.2, 0.25) is 0 Å². The van der Waals surface area contributed by atoms with Gasteiger partial charge in [0.25, 0.3) is 0 Å². The molecule has 1 saturated heterocycles. The van der Waals surface area contributed by atoms with Crippen LogP contribution in [0, 0.1) is 0 Å². The normalized spacial score (nSPS) is 17.0. The molecule has 0 saturated carbocycles. The van der Waals surface area contributed by atoms with Gasteiger partial charge in [-0.05, 0) is 55.0 Å². The van der Waals surface area contributed by atoms with Gasteiger partial charge in [-0.15, -0.1) is 11.3 Å². The summed E-state index contributed by atoms with van der Waals surface area (Å²) in [6.45, 7) is 1.43. The van der Waals surface area contributed by atoms with Gasteiger partial charge in [0.05, 0.1) is 19.8 Å². The Kier molecular flexibility index (Phi) is 5.75. The molecule has 1 amide bonds. The van der Waals surface area contributed by atoms with Crippen LogP contribution in [0.1, 0.15) is 36.6 Å². The van der Waals surface area contributed by atoms with Crippen LogP contribution in [0.25, 0.3) is 0 Å². The first-order valence-corrected chi connectivity index (χ1v) is 9.25. The summed E-state index contributed by atoms with van der Waals surface area (Å²) in [4.78, 5) is 15.8. The van der Waals surface area contributed by atoms with Crippen LogP contribution in [0.4, 0.5) is 0 Å². The highest BCUT2D eigenvalue weighted by Gasteiger charge is 2.29. The molecule has 1 aliphatic heterocycles. The molecule has 2 heterocycles. The van der Waals surface area contributed by atoms with Crippen molar-refractivity contribution in [2.24, 2.45) is 0 Å². The molecule has 1 aromatic carbocycles. The number of hydrogen-bond donors (Lipinski definition) is 0. The number of ether oxygens (including phenoxy) is 2. The number of hydrogen-bond acceptors (Lipinski definition) is 4. The standard InChI is InChI=1S/C19H23NO3S/c1-22-15-8-10-16(11-9-15)23-13-3-7-19(21)20-12-2-5-17(20)18-6-4-14-24-18/h4,6,8-11,14,17H,2-3,5,7,12-13H2,1H3. The number of methoxy groups -OCH3 is 1. The number of carbonyl (C=O) groups is 1. The molecule has 1 atom stereocenters. The van der Waals surface area contributed by atoms with E-state index in [1.165, 1.54) is 4.88 Å². The molecule has 2 aromatic rings. The monoisotopic (exact) mass is 345 g/mol. The van der Waals surface area contributed by atoms with Crippen LogP contribution in [-0.2, 0) is 4.79 Å². The summed E-state index contributed by atoms with van der Waals surface area (Å²) in [5.74, 6) is 1.86. The first-order chi connectivity index (χ1) is 11.8. The topological polar surface area (TPSA) is 38.8 Å². The highest BCUT2D eigenvalue weighted by molar-refractivity contribution is 7.10. The average molecular weight is 345 g/mol. The van der Waals surface area contributed by atoms with Gasteiger partial charge in [-0.1, -0.05) is 6.07 Å². The van der Waals surface area contributed by atoms with Crippen LogP contribution in [0.3, 0.4) is 0 Å². The van der Waals surface area contributed by atoms with Crippen molar-refractivity contribution >= 4 is 17.2 Å². The lowest BCUT2D eigenvalue weighted by molar-refractivity contribution is -0.132. The Morgan fingerprint density at radius 3 is 2.75 bits per heavy atom. The van der Waals surface area contributed by atoms with E-state index in [1.54, 1.807) is 18.4 Å². The summed E-state index contributed by atoms with van der Waals surface area (Å²) >= 11 is 1.74. The van der Waals surface area contributed by atoms with E-state index in [2.05, 4.69) is 17.5 Å². The molecule has 24 heavy (non-hydrogen) atoms. The van der Waals surface area contributed by atoms with E-state index in [0.717, 1.165) is 37.3 Å². The van der Waals surface area contributed by atoms with Crippen molar-refractivity contribution in [3.8, 4) is 11.5 Å². The lowest BCUT2D eigenvalue weighted by Crippen LogP contribution is -2.30. The molecule has 1 fully saturated rings. The van der Waals surface area contributed by atoms with Gasteiger partial charge in [0.1, 0.15) is 11.5 Å². The SMILES string of the molecule is COc1ccc(OCCCC(=O)N2CCCC2c2cccs2)cc1. The van der Waals surface area contributed by atoms with Gasteiger partial charge in [0.15, 0.2) is 0 Å². The van der Waals surface area contributed by atoms with Crippen molar-refractivity contribution in [2.45, 2.75) is 31.7 Å². The lowest BCUT2D eigenvalue weighted by Gasteiger charge is -2.24. The van der Waals surface area contributed by atoms with E-state index in [4.69, 9.17) is 9.47 Å². The molecule has 0 N–H and O–H groups in total. The third-order valence-electron chi connectivity index (χ3n) is 4.31. The second kappa shape index (κ2) is 8.20. The average Bonchev–Trinajstić information content (AvgIpc) is 3.29. The highest BCUT2D eigenvalue weighted by atomic mass is 32.1. The fourth-order valence-corrected chi connectivity index (χ4v) is 3.94. The van der Waals surface area contributed by atoms with Crippen molar-refractivity contribution < 1.29 is 14.3 Å². The van der Waals surface area contributed by atoms with E-state index < -0.39 is 0 Å². The quantitative estimate of drug-likeness (QED) is 0.703. The van der Waals surface area contributed by atoms with E-state index in [9.17, 15) is 4.79 Å². The number of benzene rings is 1. The molecule has 1 unspecified atom stereocenters. The molecule has 1 aliphatic rings. The summed E-state index contributed by atoms with van der Waals surface area (Å²) in [5, 5.41) is 2.08. The van der Waals surface area contributed by atoms with Gasteiger partial charge in [-0.3, -0.25) is 4.79 Å². The Bertz CT molecular complexity index is 639. The number of likely N-dealkylation sites (tertiary alicyclic amines) is 1. The Balaban J connectivity index is 1.43. The fourth-order valence-electron chi connectivity index (χ4n) is 3.07. The number of nitrogens with zero attached hydrogens (tertiary/aromatic N) is 1. The van der Waals surface area contributed by atoms with Crippen molar-refractivity contribution in [1.29, 1.82) is 0 Å². The molecule has 4 nitrogen and oxygen atoms in total. The Labute approximate surface area is 147 Å². The molecular weight excluding hydrogens is 322 g/mol. The van der Waals surface area contributed by atoms with Gasteiger partial charge < -0.3 is 14.4 Å². The number of carbonyl (C=O) groups excluding carboxylic acids is 1. The largest absolute Gasteiger partial charge is 0.497 e. The minimum atomic E-state index is 0.240. The molecule has 3 rings (SSSR count). The molecular formula is C19H23NO3S. The maximum absolute atomic E-state index is 12.5. The van der Waals surface area contributed by atoms with E-state index in [0.29, 0.717) is 13.0 Å². The van der Waals surface area contributed by atoms with Crippen molar-refractivity contribution in [2.75, 3.05) is 20.3 Å². The predicted molar refractivity (Wildman–Crippen MR) is 95.7 cm³/mol. The third kappa shape index (κ3) is 4.09. The van der Waals surface area contributed by atoms with E-state index in [1.807, 2.05) is 29.2 Å². The number of thiophene rings is 1. The third-order valence-corrected chi connectivity index (χ3v) is 5.28. The van der Waals surface area contributed by atoms with Crippen LogP contribution >= 0.6 is 11.3 Å². The summed E-state index contributed by atoms with van der Waals surface area (Å²) in [7, 11) is 1.64. The zero-order chi connectivity index (χ0) is 16.8. The van der Waals surface area contributed by atoms with Crippen molar-refractivity contribution in [3.05, 3.63) is 46.7 Å². The minimum absolute atomic E-state index is 0.240. The van der Waals surface area contributed by atoms with Crippen LogP contribution in [0.15, 0.2) is 41.8 Å². The smallest absolute Gasteiger partial charge is 0.223 e. The van der Waals surface area contributed by atoms with E-state index in [-0.39, 0.29) is 11.9 Å².